The number of hydrogen-bond donors (Lipinski definition) is 1. The molecule has 0 heterocycles. The highest BCUT2D eigenvalue weighted by atomic mass is 79.9. The standard InChI is InChI=1S/C10H13NO2.BrH/c1-11(2,3)9-4-5-10(13)8(6-9)7-12;/h4-7H,1-3H3;1H. The van der Waals surface area contributed by atoms with Gasteiger partial charge >= 0.3 is 0 Å². The lowest BCUT2D eigenvalue weighted by Crippen LogP contribution is -3.00. The van der Waals surface area contributed by atoms with E-state index < -0.39 is 0 Å². The second-order valence-corrected chi connectivity index (χ2v) is 3.87. The minimum Gasteiger partial charge on any atom is -1.00 e. The molecule has 14 heavy (non-hydrogen) atoms. The highest BCUT2D eigenvalue weighted by Gasteiger charge is 2.13. The topological polar surface area (TPSA) is 37.3 Å². The van der Waals surface area contributed by atoms with Gasteiger partial charge in [0.2, 0.25) is 0 Å². The summed E-state index contributed by atoms with van der Waals surface area (Å²) in [6, 6.07) is 5.05. The number of benzene rings is 1. The van der Waals surface area contributed by atoms with Crippen molar-refractivity contribution < 1.29 is 26.9 Å². The van der Waals surface area contributed by atoms with Gasteiger partial charge in [0.15, 0.2) is 6.29 Å². The van der Waals surface area contributed by atoms with Gasteiger partial charge in [-0.15, -0.1) is 0 Å². The molecular weight excluding hydrogens is 246 g/mol. The van der Waals surface area contributed by atoms with E-state index in [1.54, 1.807) is 12.1 Å². The molecule has 4 heteroatoms. The van der Waals surface area contributed by atoms with Crippen LogP contribution >= 0.6 is 0 Å². The van der Waals surface area contributed by atoms with E-state index in [1.165, 1.54) is 0 Å². The van der Waals surface area contributed by atoms with Crippen molar-refractivity contribution in [1.29, 1.82) is 0 Å². The summed E-state index contributed by atoms with van der Waals surface area (Å²) >= 11 is 0. The van der Waals surface area contributed by atoms with Crippen molar-refractivity contribution >= 4 is 12.0 Å². The first-order valence-corrected chi connectivity index (χ1v) is 4.05. The fraction of sp³-hybridized carbons (Fsp3) is 0.300. The lowest BCUT2D eigenvalue weighted by atomic mass is 10.2. The molecule has 0 radical (unpaired) electrons. The Balaban J connectivity index is 0.00000169. The van der Waals surface area contributed by atoms with Crippen LogP contribution < -0.4 is 21.5 Å². The summed E-state index contributed by atoms with van der Waals surface area (Å²) in [5.74, 6) is 0.0344. The van der Waals surface area contributed by atoms with Gasteiger partial charge in [-0.2, -0.15) is 0 Å². The summed E-state index contributed by atoms with van der Waals surface area (Å²) in [6.45, 7) is 0. The Bertz CT molecular complexity index is 331. The van der Waals surface area contributed by atoms with Crippen LogP contribution in [0.4, 0.5) is 5.69 Å². The molecule has 1 aromatic rings. The molecule has 0 saturated heterocycles. The smallest absolute Gasteiger partial charge is 0.154 e. The van der Waals surface area contributed by atoms with Crippen LogP contribution in [-0.2, 0) is 0 Å². The second-order valence-electron chi connectivity index (χ2n) is 3.87. The number of halogens is 1. The van der Waals surface area contributed by atoms with Gasteiger partial charge in [0.25, 0.3) is 0 Å². The Morgan fingerprint density at radius 2 is 1.86 bits per heavy atom. The zero-order chi connectivity index (χ0) is 10.1. The maximum Gasteiger partial charge on any atom is 0.154 e. The predicted molar refractivity (Wildman–Crippen MR) is 53.1 cm³/mol. The predicted octanol–water partition coefficient (Wildman–Crippen LogP) is -1.59. The number of rotatable bonds is 2. The summed E-state index contributed by atoms with van der Waals surface area (Å²) in [4.78, 5) is 10.5. The van der Waals surface area contributed by atoms with Crippen molar-refractivity contribution in [3.05, 3.63) is 23.8 Å². The van der Waals surface area contributed by atoms with E-state index in [4.69, 9.17) is 0 Å². The van der Waals surface area contributed by atoms with E-state index in [1.807, 2.05) is 27.2 Å². The van der Waals surface area contributed by atoms with Crippen molar-refractivity contribution in [3.63, 3.8) is 0 Å². The quantitative estimate of drug-likeness (QED) is 0.514. The molecule has 0 aromatic heterocycles. The van der Waals surface area contributed by atoms with Gasteiger partial charge in [0.1, 0.15) is 11.4 Å². The molecule has 0 amide bonds. The van der Waals surface area contributed by atoms with Crippen LogP contribution in [-0.4, -0.2) is 32.5 Å². The van der Waals surface area contributed by atoms with Crippen LogP contribution in [0.5, 0.6) is 5.75 Å². The van der Waals surface area contributed by atoms with Crippen molar-refractivity contribution in [1.82, 2.24) is 4.48 Å². The zero-order valence-corrected chi connectivity index (χ0v) is 10.1. The van der Waals surface area contributed by atoms with Crippen molar-refractivity contribution in [2.24, 2.45) is 0 Å². The minimum absolute atomic E-state index is 0. The average molecular weight is 260 g/mol. The number of nitrogens with zero attached hydrogens (tertiary/aromatic N) is 1. The first-order valence-electron chi connectivity index (χ1n) is 4.05. The maximum atomic E-state index is 10.5. The molecule has 0 aliphatic carbocycles. The van der Waals surface area contributed by atoms with Gasteiger partial charge in [-0.05, 0) is 6.07 Å². The van der Waals surface area contributed by atoms with Crippen LogP contribution in [0.3, 0.4) is 0 Å². The fourth-order valence-corrected chi connectivity index (χ4v) is 1.05. The fourth-order valence-electron chi connectivity index (χ4n) is 1.05. The second kappa shape index (κ2) is 4.57. The molecule has 78 valence electrons. The van der Waals surface area contributed by atoms with Gasteiger partial charge in [0, 0.05) is 12.1 Å². The van der Waals surface area contributed by atoms with E-state index in [0.29, 0.717) is 16.3 Å². The summed E-state index contributed by atoms with van der Waals surface area (Å²) in [5.41, 5.74) is 1.32. The molecule has 3 nitrogen and oxygen atoms in total. The number of phenols is 1. The number of carbonyl (C=O) groups excluding carboxylic acids is 1. The number of carbonyl (C=O) groups is 1. The van der Waals surface area contributed by atoms with Gasteiger partial charge in [-0.1, -0.05) is 0 Å². The van der Waals surface area contributed by atoms with Gasteiger partial charge in [-0.3, -0.25) is 9.28 Å². The Hall–Kier alpha value is -0.870. The van der Waals surface area contributed by atoms with E-state index in [2.05, 4.69) is 0 Å². The molecular formula is C10H14BrNO2. The van der Waals surface area contributed by atoms with Crippen molar-refractivity contribution in [3.8, 4) is 5.75 Å². The third-order valence-electron chi connectivity index (χ3n) is 1.91. The van der Waals surface area contributed by atoms with Crippen molar-refractivity contribution in [2.75, 3.05) is 21.1 Å². The SMILES string of the molecule is C[N+](C)(C)c1ccc(O)c(C=O)c1.[Br-]. The maximum absolute atomic E-state index is 10.5. The monoisotopic (exact) mass is 259 g/mol. The highest BCUT2D eigenvalue weighted by Crippen LogP contribution is 2.23. The van der Waals surface area contributed by atoms with Crippen LogP contribution in [0.15, 0.2) is 18.2 Å². The van der Waals surface area contributed by atoms with Crippen LogP contribution in [0.2, 0.25) is 0 Å². The van der Waals surface area contributed by atoms with E-state index in [9.17, 15) is 9.90 Å². The Kier molecular flexibility index (Phi) is 4.29. The molecule has 1 aromatic carbocycles. The molecule has 1 N–H and O–H groups in total. The summed E-state index contributed by atoms with van der Waals surface area (Å²) in [5, 5.41) is 9.26. The summed E-state index contributed by atoms with van der Waals surface area (Å²) < 4.78 is 0.626. The Morgan fingerprint density at radius 1 is 1.29 bits per heavy atom. The number of aldehydes is 1. The normalized spacial score (nSPS) is 10.5. The molecule has 1 rings (SSSR count). The molecule has 0 bridgehead atoms. The summed E-state index contributed by atoms with van der Waals surface area (Å²) in [7, 11) is 6.00. The average Bonchev–Trinajstić information content (AvgIpc) is 2.03. The van der Waals surface area contributed by atoms with Gasteiger partial charge in [0.05, 0.1) is 26.7 Å². The first-order chi connectivity index (χ1) is 5.95. The zero-order valence-electron chi connectivity index (χ0n) is 8.49. The molecule has 0 atom stereocenters. The lowest BCUT2D eigenvalue weighted by Gasteiger charge is -2.23. The molecule has 0 saturated carbocycles. The van der Waals surface area contributed by atoms with Crippen molar-refractivity contribution in [2.45, 2.75) is 0 Å². The largest absolute Gasteiger partial charge is 1.00 e. The van der Waals surface area contributed by atoms with Crippen LogP contribution in [0.1, 0.15) is 10.4 Å². The number of aromatic hydroxyl groups is 1. The highest BCUT2D eigenvalue weighted by molar-refractivity contribution is 5.81. The van der Waals surface area contributed by atoms with Crippen LogP contribution in [0, 0.1) is 0 Å². The molecule has 0 spiro atoms. The van der Waals surface area contributed by atoms with E-state index in [-0.39, 0.29) is 22.7 Å². The minimum atomic E-state index is 0. The van der Waals surface area contributed by atoms with Gasteiger partial charge < -0.3 is 22.1 Å². The molecule has 0 aliphatic rings. The van der Waals surface area contributed by atoms with E-state index in [0.717, 1.165) is 5.69 Å². The summed E-state index contributed by atoms with van der Waals surface area (Å²) in [6.07, 6.45) is 0.661. The molecule has 0 fully saturated rings. The third-order valence-corrected chi connectivity index (χ3v) is 1.91. The van der Waals surface area contributed by atoms with Gasteiger partial charge in [-0.25, -0.2) is 0 Å². The number of hydrogen-bond acceptors (Lipinski definition) is 2. The Morgan fingerprint density at radius 3 is 2.29 bits per heavy atom. The molecule has 0 aliphatic heterocycles. The number of quaternary nitrogens is 1. The Labute approximate surface area is 94.3 Å². The van der Waals surface area contributed by atoms with Crippen LogP contribution in [0.25, 0.3) is 0 Å². The third kappa shape index (κ3) is 2.82. The number of phenolic OH excluding ortho intramolecular Hbond substituents is 1. The molecule has 0 unspecified atom stereocenters. The lowest BCUT2D eigenvalue weighted by molar-refractivity contribution is -0.0000107. The van der Waals surface area contributed by atoms with E-state index >= 15 is 0 Å². The first kappa shape index (κ1) is 13.1.